The number of sulfonamides is 2. The zero-order valence-corrected chi connectivity index (χ0v) is 36.0. The third-order valence-corrected chi connectivity index (χ3v) is 19.6. The number of anilines is 1. The highest BCUT2D eigenvalue weighted by Gasteiger charge is 2.51. The minimum absolute atomic E-state index is 0.0449. The lowest BCUT2D eigenvalue weighted by Crippen LogP contribution is -2.51. The van der Waals surface area contributed by atoms with Gasteiger partial charge in [-0.1, -0.05) is 53.1 Å². The second-order valence-corrected chi connectivity index (χ2v) is 24.4. The first kappa shape index (κ1) is 42.8. The Balaban J connectivity index is 1.94. The number of imide groups is 1. The smallest absolute Gasteiger partial charge is 0.265 e. The Hall–Kier alpha value is -4.32. The van der Waals surface area contributed by atoms with Crippen LogP contribution in [0, 0.1) is 11.6 Å². The first-order valence-corrected chi connectivity index (χ1v) is 23.8. The van der Waals surface area contributed by atoms with Gasteiger partial charge in [-0.15, -0.1) is 0 Å². The zero-order chi connectivity index (χ0) is 41.8. The number of fused-ring (bicyclic) bond motifs is 2. The molecular formula is C38H44ClF2N3O9S2Si. The number of halogens is 3. The Morgan fingerprint density at radius 3 is 1.95 bits per heavy atom. The highest BCUT2D eigenvalue weighted by molar-refractivity contribution is 8.09. The molecule has 18 heteroatoms. The predicted molar refractivity (Wildman–Crippen MR) is 214 cm³/mol. The first-order chi connectivity index (χ1) is 26.0. The largest absolute Gasteiger partial charge is 0.541 e. The summed E-state index contributed by atoms with van der Waals surface area (Å²) in [5.74, 6) is -3.17. The van der Waals surface area contributed by atoms with E-state index in [2.05, 4.69) is 4.98 Å². The molecule has 0 bridgehead atoms. The van der Waals surface area contributed by atoms with E-state index in [0.717, 1.165) is 11.0 Å². The number of rotatable bonds is 14. The van der Waals surface area contributed by atoms with E-state index < -0.39 is 63.1 Å². The number of carbonyl (C=O) groups excluding carboxylic acids is 2. The second-order valence-electron chi connectivity index (χ2n) is 14.7. The highest BCUT2D eigenvalue weighted by Crippen LogP contribution is 2.51. The number of pyridine rings is 1. The van der Waals surface area contributed by atoms with Crippen LogP contribution in [0.4, 0.5) is 14.5 Å². The fraction of sp³-hybridized carbons (Fsp3) is 0.395. The fourth-order valence-corrected chi connectivity index (χ4v) is 16.3. The van der Waals surface area contributed by atoms with Gasteiger partial charge in [0.25, 0.3) is 20.1 Å². The van der Waals surface area contributed by atoms with Crippen molar-refractivity contribution in [1.29, 1.82) is 0 Å². The molecule has 2 heterocycles. The van der Waals surface area contributed by atoms with E-state index in [0.29, 0.717) is 29.9 Å². The molecule has 0 unspecified atom stereocenters. The monoisotopic (exact) mass is 851 g/mol. The average molecular weight is 852 g/mol. The minimum atomic E-state index is -4.75. The summed E-state index contributed by atoms with van der Waals surface area (Å²) in [5.41, 5.74) is -1.26. The maximum absolute atomic E-state index is 15.0. The molecule has 0 radical (unpaired) electrons. The van der Waals surface area contributed by atoms with Crippen LogP contribution in [-0.2, 0) is 33.0 Å². The molecule has 2 amide bonds. The van der Waals surface area contributed by atoms with Crippen LogP contribution >= 0.6 is 11.6 Å². The summed E-state index contributed by atoms with van der Waals surface area (Å²) in [7, 11) is -9.66. The molecule has 0 saturated heterocycles. The summed E-state index contributed by atoms with van der Waals surface area (Å²) < 4.78 is 101. The van der Waals surface area contributed by atoms with Gasteiger partial charge < -0.3 is 13.9 Å². The maximum Gasteiger partial charge on any atom is 0.265 e. The number of carbonyl (C=O) groups is 2. The van der Waals surface area contributed by atoms with Gasteiger partial charge in [0, 0.05) is 35.7 Å². The van der Waals surface area contributed by atoms with Crippen molar-refractivity contribution >= 4 is 68.4 Å². The van der Waals surface area contributed by atoms with Crippen molar-refractivity contribution < 1.29 is 49.1 Å². The lowest BCUT2D eigenvalue weighted by Gasteiger charge is -2.42. The lowest BCUT2D eigenvalue weighted by molar-refractivity contribution is 0.0641. The molecule has 12 nitrogen and oxygen atoms in total. The summed E-state index contributed by atoms with van der Waals surface area (Å²) in [6, 6.07) is 7.84. The molecule has 4 aromatic rings. The topological polar surface area (TPSA) is 149 Å². The Morgan fingerprint density at radius 1 is 0.821 bits per heavy atom. The summed E-state index contributed by atoms with van der Waals surface area (Å²) in [6.45, 7) is 11.6. The number of amides is 2. The van der Waals surface area contributed by atoms with Crippen molar-refractivity contribution in [2.75, 3.05) is 30.4 Å². The van der Waals surface area contributed by atoms with Gasteiger partial charge >= 0.3 is 0 Å². The quantitative estimate of drug-likeness (QED) is 0.0698. The molecule has 0 atom stereocenters. The Bertz CT molecular complexity index is 2430. The molecule has 1 aromatic heterocycles. The van der Waals surface area contributed by atoms with Crippen LogP contribution in [0.1, 0.15) is 78.9 Å². The van der Waals surface area contributed by atoms with Gasteiger partial charge in [0.2, 0.25) is 20.0 Å². The maximum atomic E-state index is 15.0. The lowest BCUT2D eigenvalue weighted by atomic mass is 9.98. The first-order valence-electron chi connectivity index (χ1n) is 17.6. The third kappa shape index (κ3) is 7.57. The zero-order valence-electron chi connectivity index (χ0n) is 32.7. The molecule has 0 fully saturated rings. The Morgan fingerprint density at radius 2 is 1.41 bits per heavy atom. The van der Waals surface area contributed by atoms with E-state index in [1.165, 1.54) is 26.5 Å². The van der Waals surface area contributed by atoms with Crippen LogP contribution in [0.15, 0.2) is 42.6 Å². The number of hydrogen-bond donors (Lipinski definition) is 0. The van der Waals surface area contributed by atoms with E-state index in [1.807, 2.05) is 41.5 Å². The van der Waals surface area contributed by atoms with Gasteiger partial charge in [0.15, 0.2) is 0 Å². The summed E-state index contributed by atoms with van der Waals surface area (Å²) >= 11 is 5.97. The third-order valence-electron chi connectivity index (χ3n) is 10.1. The van der Waals surface area contributed by atoms with Crippen LogP contribution in [0.25, 0.3) is 10.9 Å². The van der Waals surface area contributed by atoms with E-state index in [4.69, 9.17) is 25.5 Å². The van der Waals surface area contributed by atoms with E-state index in [1.54, 1.807) is 18.2 Å². The highest BCUT2D eigenvalue weighted by atomic mass is 35.5. The molecule has 302 valence electrons. The number of hydrogen-bond acceptors (Lipinski definition) is 10. The summed E-state index contributed by atoms with van der Waals surface area (Å²) in [5, 5.41) is -0.523. The molecule has 0 saturated carbocycles. The van der Waals surface area contributed by atoms with Crippen molar-refractivity contribution in [3.8, 4) is 17.2 Å². The molecule has 1 aliphatic heterocycles. The number of aromatic nitrogens is 1. The SMILES string of the molecule is COc1ccc(CN2C(=O)c3c(c(O[Si](C(C)C)(C(C)C)C(C)C)c4ncc(Cc5cc(Cl)c(F)cc5F)cc4c3N(S(C)(=O)=O)S(C)(=O)=O)C2=O)c(OC)c1. The van der Waals surface area contributed by atoms with Gasteiger partial charge in [-0.25, -0.2) is 25.6 Å². The molecular weight excluding hydrogens is 808 g/mol. The normalized spacial score (nSPS) is 13.7. The van der Waals surface area contributed by atoms with Crippen molar-refractivity contribution in [2.24, 2.45) is 0 Å². The standard InChI is InChI=1S/C38H44ClF2N3O9S2Si/c1-20(2)56(21(3)4,22(5)6)53-36-33-32(37(45)43(38(33)46)19-24-11-12-26(51-7)16-31(24)52-8)35(44(54(9,47)48)55(10,49)50)27-14-23(18-42-34(27)36)13-25-15-28(39)30(41)17-29(25)40/h11-12,14-18,20-22H,13,19H2,1-10H3. The molecule has 0 spiro atoms. The predicted octanol–water partition coefficient (Wildman–Crippen LogP) is 7.85. The molecule has 0 N–H and O–H groups in total. The minimum Gasteiger partial charge on any atom is -0.541 e. The summed E-state index contributed by atoms with van der Waals surface area (Å²) in [6.07, 6.45) is 2.38. The van der Waals surface area contributed by atoms with Crippen LogP contribution in [-0.4, -0.2) is 73.6 Å². The van der Waals surface area contributed by atoms with Crippen molar-refractivity contribution in [1.82, 2.24) is 9.88 Å². The van der Waals surface area contributed by atoms with Gasteiger partial charge in [0.1, 0.15) is 34.4 Å². The van der Waals surface area contributed by atoms with Crippen LogP contribution in [0.5, 0.6) is 17.2 Å². The van der Waals surface area contributed by atoms with Gasteiger partial charge in [-0.3, -0.25) is 19.5 Å². The van der Waals surface area contributed by atoms with Gasteiger partial charge in [-0.05, 0) is 52.0 Å². The molecule has 1 aliphatic rings. The Kier molecular flexibility index (Phi) is 11.9. The molecule has 5 rings (SSSR count). The average Bonchev–Trinajstić information content (AvgIpc) is 3.33. The Labute approximate surface area is 331 Å². The fourth-order valence-electron chi connectivity index (χ4n) is 7.84. The number of nitrogens with zero attached hydrogens (tertiary/aromatic N) is 3. The molecule has 56 heavy (non-hydrogen) atoms. The second kappa shape index (κ2) is 15.6. The number of ether oxygens (including phenoxy) is 2. The van der Waals surface area contributed by atoms with Crippen molar-refractivity contribution in [3.63, 3.8) is 0 Å². The van der Waals surface area contributed by atoms with E-state index in [9.17, 15) is 30.8 Å². The van der Waals surface area contributed by atoms with Crippen molar-refractivity contribution in [3.05, 3.63) is 87.1 Å². The van der Waals surface area contributed by atoms with E-state index in [-0.39, 0.29) is 77.4 Å². The van der Waals surface area contributed by atoms with Gasteiger partial charge in [-0.2, -0.15) is 3.71 Å². The number of benzene rings is 3. The number of methoxy groups -OCH3 is 2. The van der Waals surface area contributed by atoms with E-state index >= 15 is 4.39 Å². The molecule has 3 aromatic carbocycles. The van der Waals surface area contributed by atoms with Gasteiger partial charge in [0.05, 0.1) is 55.1 Å². The van der Waals surface area contributed by atoms with Crippen LogP contribution in [0.2, 0.25) is 21.6 Å². The summed E-state index contributed by atoms with van der Waals surface area (Å²) in [4.78, 5) is 35.2. The van der Waals surface area contributed by atoms with Crippen LogP contribution < -0.4 is 17.6 Å². The van der Waals surface area contributed by atoms with Crippen LogP contribution in [0.3, 0.4) is 0 Å². The van der Waals surface area contributed by atoms with Crippen molar-refractivity contribution in [2.45, 2.75) is 71.1 Å². The molecule has 0 aliphatic carbocycles.